The van der Waals surface area contributed by atoms with Crippen molar-refractivity contribution in [3.8, 4) is 5.75 Å². The first-order chi connectivity index (χ1) is 6.94. The zero-order valence-electron chi connectivity index (χ0n) is 10.1. The third-order valence-corrected chi connectivity index (χ3v) is 2.43. The minimum Gasteiger partial charge on any atom is -0.487 e. The number of ether oxygens (including phenoxy) is 1. The van der Waals surface area contributed by atoms with Gasteiger partial charge in [-0.1, -0.05) is 26.0 Å². The Hall–Kier alpha value is -1.02. The van der Waals surface area contributed by atoms with Crippen molar-refractivity contribution in [1.82, 2.24) is 0 Å². The molecule has 1 aromatic rings. The maximum Gasteiger partial charge on any atom is 0.120 e. The molecule has 0 aliphatic heterocycles. The molecule has 1 rings (SSSR count). The summed E-state index contributed by atoms with van der Waals surface area (Å²) in [6.07, 6.45) is 0. The van der Waals surface area contributed by atoms with Crippen molar-refractivity contribution in [1.29, 1.82) is 0 Å². The Kier molecular flexibility index (Phi) is 3.75. The predicted molar refractivity (Wildman–Crippen MR) is 64.3 cm³/mol. The molecule has 15 heavy (non-hydrogen) atoms. The molecule has 0 spiro atoms. The SMILES string of the molecule is CC(C)c1ccc(OC(C)(C)CN)cc1. The Morgan fingerprint density at radius 2 is 1.73 bits per heavy atom. The van der Waals surface area contributed by atoms with Gasteiger partial charge in [0.05, 0.1) is 0 Å². The van der Waals surface area contributed by atoms with E-state index in [2.05, 4.69) is 26.0 Å². The molecule has 0 atom stereocenters. The van der Waals surface area contributed by atoms with Crippen LogP contribution in [-0.2, 0) is 0 Å². The van der Waals surface area contributed by atoms with Gasteiger partial charge in [0.2, 0.25) is 0 Å². The van der Waals surface area contributed by atoms with Crippen LogP contribution in [0.15, 0.2) is 24.3 Å². The summed E-state index contributed by atoms with van der Waals surface area (Å²) in [6.45, 7) is 8.85. The van der Waals surface area contributed by atoms with Gasteiger partial charge in [0.15, 0.2) is 0 Å². The lowest BCUT2D eigenvalue weighted by atomic mass is 10.0. The van der Waals surface area contributed by atoms with E-state index >= 15 is 0 Å². The Balaban J connectivity index is 2.73. The number of hydrogen-bond acceptors (Lipinski definition) is 2. The van der Waals surface area contributed by atoms with E-state index in [0.29, 0.717) is 12.5 Å². The average molecular weight is 207 g/mol. The minimum absolute atomic E-state index is 0.292. The molecule has 0 heterocycles. The fourth-order valence-corrected chi connectivity index (χ4v) is 1.28. The van der Waals surface area contributed by atoms with Crippen molar-refractivity contribution >= 4 is 0 Å². The maximum atomic E-state index is 5.76. The number of benzene rings is 1. The molecule has 2 nitrogen and oxygen atoms in total. The lowest BCUT2D eigenvalue weighted by molar-refractivity contribution is 0.119. The lowest BCUT2D eigenvalue weighted by Gasteiger charge is -2.24. The van der Waals surface area contributed by atoms with Crippen LogP contribution in [-0.4, -0.2) is 12.1 Å². The molecule has 0 radical (unpaired) electrons. The standard InChI is InChI=1S/C13H21NO/c1-10(2)11-5-7-12(8-6-11)15-13(3,4)9-14/h5-8,10H,9,14H2,1-4H3. The van der Waals surface area contributed by atoms with Crippen LogP contribution in [0.3, 0.4) is 0 Å². The van der Waals surface area contributed by atoms with Gasteiger partial charge in [-0.2, -0.15) is 0 Å². The molecule has 0 aromatic heterocycles. The molecule has 0 saturated carbocycles. The topological polar surface area (TPSA) is 35.2 Å². The second kappa shape index (κ2) is 4.67. The van der Waals surface area contributed by atoms with Crippen molar-refractivity contribution in [2.75, 3.05) is 6.54 Å². The fraction of sp³-hybridized carbons (Fsp3) is 0.538. The lowest BCUT2D eigenvalue weighted by Crippen LogP contribution is -2.37. The summed E-state index contributed by atoms with van der Waals surface area (Å²) >= 11 is 0. The molecule has 0 saturated heterocycles. The largest absolute Gasteiger partial charge is 0.487 e. The van der Waals surface area contributed by atoms with Crippen molar-refractivity contribution in [2.24, 2.45) is 5.73 Å². The highest BCUT2D eigenvalue weighted by atomic mass is 16.5. The maximum absolute atomic E-state index is 5.76. The van der Waals surface area contributed by atoms with Crippen molar-refractivity contribution in [2.45, 2.75) is 39.2 Å². The predicted octanol–water partition coefficient (Wildman–Crippen LogP) is 2.93. The Labute approximate surface area is 92.4 Å². The summed E-state index contributed by atoms with van der Waals surface area (Å²) in [5, 5.41) is 0. The highest BCUT2D eigenvalue weighted by Gasteiger charge is 2.16. The van der Waals surface area contributed by atoms with Crippen molar-refractivity contribution in [3.63, 3.8) is 0 Å². The van der Waals surface area contributed by atoms with Gasteiger partial charge in [-0.15, -0.1) is 0 Å². The number of hydrogen-bond donors (Lipinski definition) is 1. The summed E-state index contributed by atoms with van der Waals surface area (Å²) in [7, 11) is 0. The zero-order chi connectivity index (χ0) is 11.5. The van der Waals surface area contributed by atoms with E-state index in [1.54, 1.807) is 0 Å². The first-order valence-corrected chi connectivity index (χ1v) is 5.43. The second-order valence-corrected chi connectivity index (χ2v) is 4.79. The van der Waals surface area contributed by atoms with Crippen LogP contribution in [0.25, 0.3) is 0 Å². The normalized spacial score (nSPS) is 11.9. The first-order valence-electron chi connectivity index (χ1n) is 5.43. The third-order valence-electron chi connectivity index (χ3n) is 2.43. The van der Waals surface area contributed by atoms with Crippen LogP contribution >= 0.6 is 0 Å². The zero-order valence-corrected chi connectivity index (χ0v) is 10.1. The van der Waals surface area contributed by atoms with E-state index in [0.717, 1.165) is 5.75 Å². The van der Waals surface area contributed by atoms with E-state index in [1.807, 2.05) is 26.0 Å². The average Bonchev–Trinajstić information content (AvgIpc) is 2.18. The molecule has 2 heteroatoms. The van der Waals surface area contributed by atoms with Crippen LogP contribution in [0.4, 0.5) is 0 Å². The molecule has 84 valence electrons. The molecular weight excluding hydrogens is 186 g/mol. The molecular formula is C13H21NO. The van der Waals surface area contributed by atoms with Gasteiger partial charge in [-0.3, -0.25) is 0 Å². The van der Waals surface area contributed by atoms with Crippen LogP contribution in [0, 0.1) is 0 Å². The molecule has 0 fully saturated rings. The van der Waals surface area contributed by atoms with E-state index in [1.165, 1.54) is 5.56 Å². The summed E-state index contributed by atoms with van der Waals surface area (Å²) < 4.78 is 5.76. The van der Waals surface area contributed by atoms with E-state index in [-0.39, 0.29) is 5.60 Å². The number of nitrogens with two attached hydrogens (primary N) is 1. The number of rotatable bonds is 4. The van der Waals surface area contributed by atoms with Gasteiger partial charge < -0.3 is 10.5 Å². The molecule has 2 N–H and O–H groups in total. The molecule has 0 bridgehead atoms. The van der Waals surface area contributed by atoms with E-state index < -0.39 is 0 Å². The third kappa shape index (κ3) is 3.56. The Bertz CT molecular complexity index is 301. The minimum atomic E-state index is -0.292. The Morgan fingerprint density at radius 3 is 2.13 bits per heavy atom. The van der Waals surface area contributed by atoms with Crippen LogP contribution in [0.1, 0.15) is 39.2 Å². The first kappa shape index (κ1) is 12.1. The van der Waals surface area contributed by atoms with Gasteiger partial charge in [0.1, 0.15) is 11.4 Å². The van der Waals surface area contributed by atoms with Crippen LogP contribution in [0.2, 0.25) is 0 Å². The van der Waals surface area contributed by atoms with Gasteiger partial charge >= 0.3 is 0 Å². The van der Waals surface area contributed by atoms with E-state index in [4.69, 9.17) is 10.5 Å². The van der Waals surface area contributed by atoms with Gasteiger partial charge in [-0.05, 0) is 37.5 Å². The summed E-state index contributed by atoms with van der Waals surface area (Å²) in [5.41, 5.74) is 6.64. The molecule has 0 unspecified atom stereocenters. The van der Waals surface area contributed by atoms with Gasteiger partial charge in [0, 0.05) is 6.54 Å². The van der Waals surface area contributed by atoms with Crippen molar-refractivity contribution < 1.29 is 4.74 Å². The smallest absolute Gasteiger partial charge is 0.120 e. The second-order valence-electron chi connectivity index (χ2n) is 4.79. The summed E-state index contributed by atoms with van der Waals surface area (Å²) in [4.78, 5) is 0. The van der Waals surface area contributed by atoms with E-state index in [9.17, 15) is 0 Å². The molecule has 0 aliphatic carbocycles. The highest BCUT2D eigenvalue weighted by Crippen LogP contribution is 2.21. The fourth-order valence-electron chi connectivity index (χ4n) is 1.28. The molecule has 0 amide bonds. The van der Waals surface area contributed by atoms with Gasteiger partial charge in [-0.25, -0.2) is 0 Å². The van der Waals surface area contributed by atoms with Crippen LogP contribution < -0.4 is 10.5 Å². The quantitative estimate of drug-likeness (QED) is 0.824. The van der Waals surface area contributed by atoms with Gasteiger partial charge in [0.25, 0.3) is 0 Å². The van der Waals surface area contributed by atoms with Crippen LogP contribution in [0.5, 0.6) is 5.75 Å². The molecule has 1 aromatic carbocycles. The summed E-state index contributed by atoms with van der Waals surface area (Å²) in [6, 6.07) is 8.22. The summed E-state index contributed by atoms with van der Waals surface area (Å²) in [5.74, 6) is 1.44. The molecule has 0 aliphatic rings. The van der Waals surface area contributed by atoms with Crippen molar-refractivity contribution in [3.05, 3.63) is 29.8 Å². The monoisotopic (exact) mass is 207 g/mol. The highest BCUT2D eigenvalue weighted by molar-refractivity contribution is 5.29. The Morgan fingerprint density at radius 1 is 1.20 bits per heavy atom.